The monoisotopic (exact) mass is 290 g/mol. The second-order valence-corrected chi connectivity index (χ2v) is 4.59. The predicted molar refractivity (Wildman–Crippen MR) is 77.9 cm³/mol. The van der Waals surface area contributed by atoms with Gasteiger partial charge in [-0.05, 0) is 23.8 Å². The lowest BCUT2D eigenvalue weighted by Gasteiger charge is -2.08. The molecule has 0 aliphatic carbocycles. The highest BCUT2D eigenvalue weighted by molar-refractivity contribution is 6.30. The van der Waals surface area contributed by atoms with E-state index >= 15 is 0 Å². The van der Waals surface area contributed by atoms with Gasteiger partial charge < -0.3 is 9.84 Å². The van der Waals surface area contributed by atoms with E-state index in [1.54, 1.807) is 24.2 Å². The molecule has 2 rings (SSSR count). The summed E-state index contributed by atoms with van der Waals surface area (Å²) in [4.78, 5) is 0. The zero-order chi connectivity index (χ0) is 14.4. The largest absolute Gasteiger partial charge is 0.497 e. The summed E-state index contributed by atoms with van der Waals surface area (Å²) in [7, 11) is 1.63. The van der Waals surface area contributed by atoms with Gasteiger partial charge in [0, 0.05) is 18.2 Å². The van der Waals surface area contributed by atoms with Crippen molar-refractivity contribution >= 4 is 11.6 Å². The van der Waals surface area contributed by atoms with Crippen LogP contribution in [0.4, 0.5) is 0 Å². The number of hydrogen-bond donors (Lipinski definition) is 1. The summed E-state index contributed by atoms with van der Waals surface area (Å²) in [5.74, 6) is 6.75. The quantitative estimate of drug-likeness (QED) is 0.879. The summed E-state index contributed by atoms with van der Waals surface area (Å²) in [6, 6.07) is 5.70. The van der Waals surface area contributed by atoms with Crippen LogP contribution in [0, 0.1) is 11.8 Å². The van der Waals surface area contributed by atoms with E-state index in [0.717, 1.165) is 16.9 Å². The molecule has 0 saturated heterocycles. The van der Waals surface area contributed by atoms with Crippen molar-refractivity contribution in [3.8, 4) is 17.6 Å². The molecule has 1 aromatic carbocycles. The van der Waals surface area contributed by atoms with E-state index in [1.165, 1.54) is 0 Å². The molecule has 1 aromatic heterocycles. The Labute approximate surface area is 122 Å². The minimum atomic E-state index is 0.0628. The first-order valence-electron chi connectivity index (χ1n) is 6.17. The van der Waals surface area contributed by atoms with Crippen molar-refractivity contribution in [2.75, 3.05) is 13.7 Å². The normalized spacial score (nSPS) is 9.95. The molecule has 2 aromatic rings. The zero-order valence-corrected chi connectivity index (χ0v) is 11.9. The van der Waals surface area contributed by atoms with Crippen molar-refractivity contribution in [3.63, 3.8) is 0 Å². The van der Waals surface area contributed by atoms with E-state index in [2.05, 4.69) is 16.9 Å². The van der Waals surface area contributed by atoms with Gasteiger partial charge in [-0.15, -0.1) is 0 Å². The average Bonchev–Trinajstić information content (AvgIpc) is 2.86. The first kappa shape index (κ1) is 14.4. The summed E-state index contributed by atoms with van der Waals surface area (Å²) in [5.41, 5.74) is 1.89. The molecule has 0 spiro atoms. The minimum absolute atomic E-state index is 0.0628. The number of aromatic nitrogens is 2. The lowest BCUT2D eigenvalue weighted by Crippen LogP contribution is -2.02. The van der Waals surface area contributed by atoms with Crippen LogP contribution in [-0.2, 0) is 6.54 Å². The molecule has 0 radical (unpaired) electrons. The van der Waals surface area contributed by atoms with Crippen molar-refractivity contribution in [2.24, 2.45) is 0 Å². The molecular formula is C15H15ClN2O2. The topological polar surface area (TPSA) is 47.3 Å². The lowest BCUT2D eigenvalue weighted by atomic mass is 10.1. The van der Waals surface area contributed by atoms with Crippen molar-refractivity contribution in [3.05, 3.63) is 46.7 Å². The fraction of sp³-hybridized carbons (Fsp3) is 0.267. The number of halogens is 1. The Hall–Kier alpha value is -1.96. The van der Waals surface area contributed by atoms with Crippen molar-refractivity contribution in [1.82, 2.24) is 9.78 Å². The predicted octanol–water partition coefficient (Wildman–Crippen LogP) is 2.33. The molecule has 0 unspecified atom stereocenters. The van der Waals surface area contributed by atoms with Crippen molar-refractivity contribution < 1.29 is 9.84 Å². The van der Waals surface area contributed by atoms with Gasteiger partial charge in [0.2, 0.25) is 0 Å². The maximum Gasteiger partial charge on any atom is 0.119 e. The number of hydrogen-bond acceptors (Lipinski definition) is 3. The number of aliphatic hydroxyl groups is 1. The first-order chi connectivity index (χ1) is 9.72. The molecule has 5 heteroatoms. The zero-order valence-electron chi connectivity index (χ0n) is 11.1. The third-order valence-corrected chi connectivity index (χ3v) is 2.90. The van der Waals surface area contributed by atoms with Crippen LogP contribution in [0.3, 0.4) is 0 Å². The number of ether oxygens (including phenoxy) is 1. The number of benzene rings is 1. The third-order valence-electron chi connectivity index (χ3n) is 2.71. The summed E-state index contributed by atoms with van der Waals surface area (Å²) >= 11 is 5.86. The Morgan fingerprint density at radius 1 is 1.45 bits per heavy atom. The highest BCUT2D eigenvalue weighted by Crippen LogP contribution is 2.18. The van der Waals surface area contributed by atoms with E-state index in [0.29, 0.717) is 18.0 Å². The second kappa shape index (κ2) is 6.99. The Morgan fingerprint density at radius 3 is 2.95 bits per heavy atom. The first-order valence-corrected chi connectivity index (χ1v) is 6.55. The smallest absolute Gasteiger partial charge is 0.119 e. The van der Waals surface area contributed by atoms with Crippen molar-refractivity contribution in [1.29, 1.82) is 0 Å². The standard InChI is InChI=1S/C15H15ClN2O2/c1-20-15-6-5-12(4-2-3-7-19)13(8-15)10-18-11-14(16)9-17-18/h5-6,8-9,11,19H,3,7,10H2,1H3. The summed E-state index contributed by atoms with van der Waals surface area (Å²) < 4.78 is 6.98. The SMILES string of the molecule is COc1ccc(C#CCCO)c(Cn2cc(Cl)cn2)c1. The fourth-order valence-electron chi connectivity index (χ4n) is 1.76. The molecular weight excluding hydrogens is 276 g/mol. The number of nitrogens with zero attached hydrogens (tertiary/aromatic N) is 2. The van der Waals surface area contributed by atoms with E-state index < -0.39 is 0 Å². The molecule has 0 amide bonds. The van der Waals surface area contributed by atoms with Crippen LogP contribution in [0.2, 0.25) is 5.02 Å². The summed E-state index contributed by atoms with van der Waals surface area (Å²) in [6.07, 6.45) is 3.81. The Balaban J connectivity index is 2.30. The van der Waals surface area contributed by atoms with Gasteiger partial charge in [0.15, 0.2) is 0 Å². The molecule has 0 aliphatic rings. The molecule has 0 bridgehead atoms. The van der Waals surface area contributed by atoms with Gasteiger partial charge in [0.25, 0.3) is 0 Å². The molecule has 104 valence electrons. The van der Waals surface area contributed by atoms with Crippen LogP contribution in [0.5, 0.6) is 5.75 Å². The van der Waals surface area contributed by atoms with E-state index in [1.807, 2.05) is 18.2 Å². The maximum atomic E-state index is 8.78. The minimum Gasteiger partial charge on any atom is -0.497 e. The Morgan fingerprint density at radius 2 is 2.30 bits per heavy atom. The van der Waals surface area contributed by atoms with Gasteiger partial charge in [-0.2, -0.15) is 5.10 Å². The molecule has 4 nitrogen and oxygen atoms in total. The Kier molecular flexibility index (Phi) is 5.05. The van der Waals surface area contributed by atoms with Gasteiger partial charge in [-0.3, -0.25) is 4.68 Å². The summed E-state index contributed by atoms with van der Waals surface area (Å²) in [5, 5.41) is 13.5. The van der Waals surface area contributed by atoms with Crippen molar-refractivity contribution in [2.45, 2.75) is 13.0 Å². The van der Waals surface area contributed by atoms with E-state index in [9.17, 15) is 0 Å². The molecule has 1 N–H and O–H groups in total. The van der Waals surface area contributed by atoms with Crippen LogP contribution < -0.4 is 4.74 Å². The highest BCUT2D eigenvalue weighted by atomic mass is 35.5. The van der Waals surface area contributed by atoms with E-state index in [4.69, 9.17) is 21.4 Å². The maximum absolute atomic E-state index is 8.78. The van der Waals surface area contributed by atoms with Crippen LogP contribution in [0.25, 0.3) is 0 Å². The summed E-state index contributed by atoms with van der Waals surface area (Å²) in [6.45, 7) is 0.625. The Bertz CT molecular complexity index is 641. The molecule has 0 fully saturated rings. The van der Waals surface area contributed by atoms with Gasteiger partial charge >= 0.3 is 0 Å². The number of methoxy groups -OCH3 is 1. The van der Waals surface area contributed by atoms with E-state index in [-0.39, 0.29) is 6.61 Å². The van der Waals surface area contributed by atoms with Gasteiger partial charge in [-0.25, -0.2) is 0 Å². The molecule has 1 heterocycles. The van der Waals surface area contributed by atoms with Crippen LogP contribution >= 0.6 is 11.6 Å². The highest BCUT2D eigenvalue weighted by Gasteiger charge is 2.05. The molecule has 0 saturated carbocycles. The third kappa shape index (κ3) is 3.77. The molecule has 0 aliphatic heterocycles. The van der Waals surface area contributed by atoms with Crippen LogP contribution in [0.15, 0.2) is 30.6 Å². The molecule has 0 atom stereocenters. The van der Waals surface area contributed by atoms with Gasteiger partial charge in [-0.1, -0.05) is 23.4 Å². The fourth-order valence-corrected chi connectivity index (χ4v) is 1.92. The number of aliphatic hydroxyl groups excluding tert-OH is 1. The van der Waals surface area contributed by atoms with Crippen LogP contribution in [0.1, 0.15) is 17.5 Å². The van der Waals surface area contributed by atoms with Gasteiger partial charge in [0.1, 0.15) is 5.75 Å². The van der Waals surface area contributed by atoms with Crippen LogP contribution in [-0.4, -0.2) is 28.6 Å². The van der Waals surface area contributed by atoms with Gasteiger partial charge in [0.05, 0.1) is 31.5 Å². The lowest BCUT2D eigenvalue weighted by molar-refractivity contribution is 0.305. The second-order valence-electron chi connectivity index (χ2n) is 4.15. The number of rotatable bonds is 4. The molecule has 20 heavy (non-hydrogen) atoms. The average molecular weight is 291 g/mol.